The number of hydrogen-bond acceptors (Lipinski definition) is 2. The van der Waals surface area contributed by atoms with Gasteiger partial charge < -0.3 is 10.2 Å². The predicted molar refractivity (Wildman–Crippen MR) is 53.4 cm³/mol. The van der Waals surface area contributed by atoms with Crippen molar-refractivity contribution >= 4 is 0 Å². The fourth-order valence-electron chi connectivity index (χ4n) is 2.02. The molecule has 1 fully saturated rings. The SMILES string of the molecule is CC(C)C(C)(O)CC1CCCC1O. The van der Waals surface area contributed by atoms with Gasteiger partial charge >= 0.3 is 0 Å². The number of aliphatic hydroxyl groups is 2. The summed E-state index contributed by atoms with van der Waals surface area (Å²) in [5.74, 6) is 0.581. The highest BCUT2D eigenvalue weighted by molar-refractivity contribution is 4.85. The third kappa shape index (κ3) is 2.68. The lowest BCUT2D eigenvalue weighted by Gasteiger charge is -2.31. The smallest absolute Gasteiger partial charge is 0.0646 e. The second-order valence-electron chi connectivity index (χ2n) is 4.97. The van der Waals surface area contributed by atoms with Crippen LogP contribution >= 0.6 is 0 Å². The Morgan fingerprint density at radius 3 is 2.38 bits per heavy atom. The van der Waals surface area contributed by atoms with Crippen LogP contribution in [0.4, 0.5) is 0 Å². The molecular weight excluding hydrogens is 164 g/mol. The van der Waals surface area contributed by atoms with Gasteiger partial charge in [0.1, 0.15) is 0 Å². The Morgan fingerprint density at radius 1 is 1.38 bits per heavy atom. The van der Waals surface area contributed by atoms with E-state index in [9.17, 15) is 10.2 Å². The first-order chi connectivity index (χ1) is 5.93. The molecule has 0 aromatic rings. The predicted octanol–water partition coefficient (Wildman–Crippen LogP) is 1.94. The van der Waals surface area contributed by atoms with Crippen LogP contribution in [-0.4, -0.2) is 21.9 Å². The first kappa shape index (κ1) is 11.0. The van der Waals surface area contributed by atoms with E-state index in [1.807, 2.05) is 20.8 Å². The van der Waals surface area contributed by atoms with Crippen LogP contribution in [-0.2, 0) is 0 Å². The van der Waals surface area contributed by atoms with Gasteiger partial charge in [-0.15, -0.1) is 0 Å². The van der Waals surface area contributed by atoms with Crippen LogP contribution in [0.5, 0.6) is 0 Å². The summed E-state index contributed by atoms with van der Waals surface area (Å²) in [6.45, 7) is 5.94. The van der Waals surface area contributed by atoms with Crippen molar-refractivity contribution in [3.05, 3.63) is 0 Å². The van der Waals surface area contributed by atoms with Gasteiger partial charge in [0.05, 0.1) is 11.7 Å². The minimum atomic E-state index is -0.615. The maximum atomic E-state index is 10.1. The molecule has 0 heterocycles. The van der Waals surface area contributed by atoms with Gasteiger partial charge in [-0.25, -0.2) is 0 Å². The molecule has 0 amide bonds. The lowest BCUT2D eigenvalue weighted by molar-refractivity contribution is -0.0250. The summed E-state index contributed by atoms with van der Waals surface area (Å²) in [5, 5.41) is 19.7. The monoisotopic (exact) mass is 186 g/mol. The van der Waals surface area contributed by atoms with Crippen molar-refractivity contribution in [1.29, 1.82) is 0 Å². The van der Waals surface area contributed by atoms with E-state index < -0.39 is 5.60 Å². The fraction of sp³-hybridized carbons (Fsp3) is 1.00. The number of rotatable bonds is 3. The average Bonchev–Trinajstić information content (AvgIpc) is 2.35. The van der Waals surface area contributed by atoms with Crippen LogP contribution in [0.3, 0.4) is 0 Å². The normalized spacial score (nSPS) is 33.7. The van der Waals surface area contributed by atoms with E-state index in [1.165, 1.54) is 0 Å². The van der Waals surface area contributed by atoms with Gasteiger partial charge in [0.25, 0.3) is 0 Å². The molecule has 0 aromatic heterocycles. The van der Waals surface area contributed by atoms with Crippen molar-refractivity contribution in [2.24, 2.45) is 11.8 Å². The average molecular weight is 186 g/mol. The van der Waals surface area contributed by atoms with Crippen molar-refractivity contribution < 1.29 is 10.2 Å². The highest BCUT2D eigenvalue weighted by Gasteiger charge is 2.34. The molecule has 1 aliphatic carbocycles. The Labute approximate surface area is 81.0 Å². The molecule has 13 heavy (non-hydrogen) atoms. The zero-order chi connectivity index (χ0) is 10.1. The van der Waals surface area contributed by atoms with Gasteiger partial charge in [0, 0.05) is 0 Å². The second-order valence-corrected chi connectivity index (χ2v) is 4.97. The molecule has 0 aromatic carbocycles. The van der Waals surface area contributed by atoms with E-state index in [0.29, 0.717) is 5.92 Å². The van der Waals surface area contributed by atoms with Gasteiger partial charge in [0.2, 0.25) is 0 Å². The van der Waals surface area contributed by atoms with Crippen LogP contribution in [0.25, 0.3) is 0 Å². The van der Waals surface area contributed by atoms with Crippen molar-refractivity contribution in [2.75, 3.05) is 0 Å². The number of hydrogen-bond donors (Lipinski definition) is 2. The van der Waals surface area contributed by atoms with Crippen LogP contribution in [0, 0.1) is 11.8 Å². The molecule has 3 atom stereocenters. The Balaban J connectivity index is 2.47. The molecule has 0 bridgehead atoms. The largest absolute Gasteiger partial charge is 0.393 e. The Hall–Kier alpha value is -0.0800. The maximum absolute atomic E-state index is 10.1. The highest BCUT2D eigenvalue weighted by Crippen LogP contribution is 2.34. The molecule has 3 unspecified atom stereocenters. The summed E-state index contributed by atoms with van der Waals surface area (Å²) in [5.41, 5.74) is -0.615. The second kappa shape index (κ2) is 3.97. The van der Waals surface area contributed by atoms with E-state index in [-0.39, 0.29) is 12.0 Å². The molecule has 0 spiro atoms. The van der Waals surface area contributed by atoms with Crippen molar-refractivity contribution in [2.45, 2.75) is 58.2 Å². The van der Waals surface area contributed by atoms with Gasteiger partial charge in [-0.3, -0.25) is 0 Å². The Bertz CT molecular complexity index is 163. The standard InChI is InChI=1S/C11H22O2/c1-8(2)11(3,13)7-9-5-4-6-10(9)12/h8-10,12-13H,4-7H2,1-3H3. The van der Waals surface area contributed by atoms with E-state index in [1.54, 1.807) is 0 Å². The summed E-state index contributed by atoms with van der Waals surface area (Å²) in [7, 11) is 0. The minimum Gasteiger partial charge on any atom is -0.393 e. The van der Waals surface area contributed by atoms with Crippen LogP contribution in [0.15, 0.2) is 0 Å². The minimum absolute atomic E-state index is 0.176. The summed E-state index contributed by atoms with van der Waals surface area (Å²) >= 11 is 0. The molecule has 0 saturated heterocycles. The van der Waals surface area contributed by atoms with Gasteiger partial charge in [-0.2, -0.15) is 0 Å². The maximum Gasteiger partial charge on any atom is 0.0646 e. The molecule has 2 heteroatoms. The van der Waals surface area contributed by atoms with Gasteiger partial charge in [-0.1, -0.05) is 20.3 Å². The van der Waals surface area contributed by atoms with E-state index >= 15 is 0 Å². The molecule has 1 aliphatic rings. The first-order valence-electron chi connectivity index (χ1n) is 5.34. The van der Waals surface area contributed by atoms with Crippen molar-refractivity contribution in [3.8, 4) is 0 Å². The van der Waals surface area contributed by atoms with Gasteiger partial charge in [0.15, 0.2) is 0 Å². The highest BCUT2D eigenvalue weighted by atomic mass is 16.3. The molecule has 2 nitrogen and oxygen atoms in total. The first-order valence-corrected chi connectivity index (χ1v) is 5.34. The summed E-state index contributed by atoms with van der Waals surface area (Å²) in [6, 6.07) is 0. The quantitative estimate of drug-likeness (QED) is 0.707. The third-order valence-corrected chi connectivity index (χ3v) is 3.54. The van der Waals surface area contributed by atoms with Gasteiger partial charge in [-0.05, 0) is 38.0 Å². The molecule has 1 rings (SSSR count). The third-order valence-electron chi connectivity index (χ3n) is 3.54. The Kier molecular flexibility index (Phi) is 3.36. The van der Waals surface area contributed by atoms with E-state index in [2.05, 4.69) is 0 Å². The lowest BCUT2D eigenvalue weighted by atomic mass is 9.82. The van der Waals surface area contributed by atoms with Crippen LogP contribution in [0.1, 0.15) is 46.5 Å². The number of aliphatic hydroxyl groups excluding tert-OH is 1. The van der Waals surface area contributed by atoms with Crippen LogP contribution < -0.4 is 0 Å². The molecule has 0 radical (unpaired) electrons. The zero-order valence-corrected chi connectivity index (χ0v) is 8.95. The molecule has 2 N–H and O–H groups in total. The molecule has 0 aliphatic heterocycles. The Morgan fingerprint density at radius 2 is 2.00 bits per heavy atom. The molecular formula is C11H22O2. The fourth-order valence-corrected chi connectivity index (χ4v) is 2.02. The van der Waals surface area contributed by atoms with Crippen molar-refractivity contribution in [3.63, 3.8) is 0 Å². The molecule has 78 valence electrons. The summed E-state index contributed by atoms with van der Waals surface area (Å²) in [6.07, 6.45) is 3.67. The van der Waals surface area contributed by atoms with Crippen molar-refractivity contribution in [1.82, 2.24) is 0 Å². The zero-order valence-electron chi connectivity index (χ0n) is 8.95. The summed E-state index contributed by atoms with van der Waals surface area (Å²) < 4.78 is 0. The van der Waals surface area contributed by atoms with Crippen LogP contribution in [0.2, 0.25) is 0 Å². The lowest BCUT2D eigenvalue weighted by Crippen LogP contribution is -2.35. The molecule has 1 saturated carbocycles. The summed E-state index contributed by atoms with van der Waals surface area (Å²) in [4.78, 5) is 0. The van der Waals surface area contributed by atoms with E-state index in [0.717, 1.165) is 25.7 Å². The van der Waals surface area contributed by atoms with E-state index in [4.69, 9.17) is 0 Å². The topological polar surface area (TPSA) is 40.5 Å².